The van der Waals surface area contributed by atoms with E-state index >= 15 is 0 Å². The molecule has 0 fully saturated rings. The Morgan fingerprint density at radius 3 is 1.04 bits per heavy atom. The molecule has 11 aromatic rings. The van der Waals surface area contributed by atoms with Gasteiger partial charge in [0.1, 0.15) is 0 Å². The van der Waals surface area contributed by atoms with Crippen LogP contribution in [0.3, 0.4) is 0 Å². The van der Waals surface area contributed by atoms with Crippen LogP contribution in [0.4, 0.5) is 17.1 Å². The van der Waals surface area contributed by atoms with Crippen LogP contribution in [-0.2, 0) is 16.2 Å². The Morgan fingerprint density at radius 2 is 0.542 bits per heavy atom. The van der Waals surface area contributed by atoms with Crippen molar-refractivity contribution in [2.24, 2.45) is 0 Å². The van der Waals surface area contributed by atoms with Crippen LogP contribution in [0.5, 0.6) is 0 Å². The number of nitrogens with zero attached hydrogens (tertiary/aromatic N) is 1. The first kappa shape index (κ1) is 41.0. The standard InChI is InChI=1S/C71H49N/c1-69(2)59-24-10-6-20-53(59)57-43-41-52(45-67(57)69)72(50-37-32-47(33-38-50)46-18-4-3-5-19-46)51-39-34-48(35-40-51)49-36-42-58-56-23-9-13-27-62(56)71(68(58)44-49)65-30-16-14-28-63(65)70(64-29-15-17-31-66(64)71)60-25-11-7-21-54(60)55-22-8-12-26-61(55)70/h3-45H,1-2H3. The van der Waals surface area contributed by atoms with Crippen LogP contribution in [-0.4, -0.2) is 0 Å². The molecule has 0 amide bonds. The third kappa shape index (κ3) is 5.38. The molecule has 0 bridgehead atoms. The van der Waals surface area contributed by atoms with Gasteiger partial charge in [-0.05, 0) is 154 Å². The molecule has 0 unspecified atom stereocenters. The molecule has 1 nitrogen and oxygen atoms in total. The molecule has 338 valence electrons. The van der Waals surface area contributed by atoms with E-state index < -0.39 is 10.8 Å². The summed E-state index contributed by atoms with van der Waals surface area (Å²) in [6.07, 6.45) is 0. The predicted octanol–water partition coefficient (Wildman–Crippen LogP) is 17.8. The van der Waals surface area contributed by atoms with Gasteiger partial charge < -0.3 is 4.90 Å². The summed E-state index contributed by atoms with van der Waals surface area (Å²) in [5.41, 5.74) is 28.5. The fraction of sp³-hybridized carbons (Fsp3) is 0.0704. The van der Waals surface area contributed by atoms with Crippen molar-refractivity contribution in [2.45, 2.75) is 30.1 Å². The van der Waals surface area contributed by atoms with Crippen LogP contribution in [0.1, 0.15) is 69.5 Å². The molecule has 0 aromatic heterocycles. The van der Waals surface area contributed by atoms with Crippen molar-refractivity contribution < 1.29 is 0 Å². The second-order valence-electron chi connectivity index (χ2n) is 20.7. The van der Waals surface area contributed by atoms with E-state index in [1.807, 2.05) is 0 Å². The van der Waals surface area contributed by atoms with Crippen molar-refractivity contribution in [3.63, 3.8) is 0 Å². The number of benzene rings is 11. The number of fused-ring (bicyclic) bond motifs is 19. The number of hydrogen-bond donors (Lipinski definition) is 0. The molecule has 11 aromatic carbocycles. The van der Waals surface area contributed by atoms with E-state index in [0.717, 1.165) is 17.1 Å². The molecule has 0 aliphatic heterocycles. The van der Waals surface area contributed by atoms with E-state index in [-0.39, 0.29) is 5.41 Å². The molecule has 4 aliphatic rings. The summed E-state index contributed by atoms with van der Waals surface area (Å²) in [5.74, 6) is 0. The van der Waals surface area contributed by atoms with Gasteiger partial charge in [0.05, 0.1) is 10.8 Å². The Morgan fingerprint density at radius 1 is 0.222 bits per heavy atom. The molecule has 0 heterocycles. The van der Waals surface area contributed by atoms with Crippen LogP contribution in [0, 0.1) is 0 Å². The van der Waals surface area contributed by atoms with Crippen molar-refractivity contribution in [1.29, 1.82) is 0 Å². The highest BCUT2D eigenvalue weighted by Gasteiger charge is 2.58. The maximum atomic E-state index is 2.52. The third-order valence-electron chi connectivity index (χ3n) is 17.0. The summed E-state index contributed by atoms with van der Waals surface area (Å²) in [5, 5.41) is 0. The Kier molecular flexibility index (Phi) is 8.62. The molecule has 0 radical (unpaired) electrons. The van der Waals surface area contributed by atoms with Gasteiger partial charge >= 0.3 is 0 Å². The Hall–Kier alpha value is -8.78. The van der Waals surface area contributed by atoms with Gasteiger partial charge in [0.25, 0.3) is 0 Å². The Bertz CT molecular complexity index is 3910. The summed E-state index contributed by atoms with van der Waals surface area (Å²) in [7, 11) is 0. The zero-order chi connectivity index (χ0) is 47.8. The summed E-state index contributed by atoms with van der Waals surface area (Å²) in [6.45, 7) is 4.73. The molecule has 2 spiro atoms. The van der Waals surface area contributed by atoms with Gasteiger partial charge in [0.15, 0.2) is 0 Å². The number of rotatable bonds is 5. The lowest BCUT2D eigenvalue weighted by molar-refractivity contribution is 0.633. The quantitative estimate of drug-likeness (QED) is 0.166. The first-order valence-corrected chi connectivity index (χ1v) is 25.4. The van der Waals surface area contributed by atoms with E-state index in [0.29, 0.717) is 0 Å². The molecule has 15 rings (SSSR count). The lowest BCUT2D eigenvalue weighted by atomic mass is 9.52. The molecular formula is C71H49N. The molecular weight excluding hydrogens is 867 g/mol. The predicted molar refractivity (Wildman–Crippen MR) is 298 cm³/mol. The first-order valence-electron chi connectivity index (χ1n) is 25.4. The minimum Gasteiger partial charge on any atom is -0.310 e. The summed E-state index contributed by atoms with van der Waals surface area (Å²) < 4.78 is 0. The average Bonchev–Trinajstić information content (AvgIpc) is 4.01. The molecule has 0 N–H and O–H groups in total. The molecule has 0 saturated heterocycles. The van der Waals surface area contributed by atoms with Crippen molar-refractivity contribution in [1.82, 2.24) is 0 Å². The smallest absolute Gasteiger partial charge is 0.0720 e. The summed E-state index contributed by atoms with van der Waals surface area (Å²) in [4.78, 5) is 2.43. The Labute approximate surface area is 422 Å². The van der Waals surface area contributed by atoms with Crippen LogP contribution in [0.25, 0.3) is 55.6 Å². The zero-order valence-corrected chi connectivity index (χ0v) is 40.3. The second kappa shape index (κ2) is 15.1. The molecule has 72 heavy (non-hydrogen) atoms. The normalized spacial score (nSPS) is 14.9. The van der Waals surface area contributed by atoms with E-state index in [1.54, 1.807) is 0 Å². The monoisotopic (exact) mass is 915 g/mol. The van der Waals surface area contributed by atoms with E-state index in [4.69, 9.17) is 0 Å². The summed E-state index contributed by atoms with van der Waals surface area (Å²) in [6, 6.07) is 98.4. The highest BCUT2D eigenvalue weighted by atomic mass is 15.1. The third-order valence-corrected chi connectivity index (χ3v) is 17.0. The van der Waals surface area contributed by atoms with Crippen LogP contribution >= 0.6 is 0 Å². The van der Waals surface area contributed by atoms with Gasteiger partial charge in [-0.25, -0.2) is 0 Å². The van der Waals surface area contributed by atoms with Crippen molar-refractivity contribution in [3.05, 3.63) is 316 Å². The molecule has 4 aliphatic carbocycles. The zero-order valence-electron chi connectivity index (χ0n) is 40.3. The van der Waals surface area contributed by atoms with Crippen molar-refractivity contribution in [2.75, 3.05) is 4.90 Å². The van der Waals surface area contributed by atoms with Gasteiger partial charge in [-0.1, -0.05) is 232 Å². The van der Waals surface area contributed by atoms with Crippen molar-refractivity contribution >= 4 is 17.1 Å². The van der Waals surface area contributed by atoms with Gasteiger partial charge in [-0.2, -0.15) is 0 Å². The second-order valence-corrected chi connectivity index (χ2v) is 20.7. The largest absolute Gasteiger partial charge is 0.310 e. The van der Waals surface area contributed by atoms with Crippen LogP contribution < -0.4 is 4.90 Å². The van der Waals surface area contributed by atoms with Gasteiger partial charge in [-0.3, -0.25) is 0 Å². The van der Waals surface area contributed by atoms with E-state index in [1.165, 1.54) is 111 Å². The maximum absolute atomic E-state index is 2.52. The first-order chi connectivity index (χ1) is 35.5. The van der Waals surface area contributed by atoms with Crippen LogP contribution in [0.15, 0.2) is 261 Å². The van der Waals surface area contributed by atoms with E-state index in [9.17, 15) is 0 Å². The lowest BCUT2D eigenvalue weighted by Crippen LogP contribution is -2.43. The number of hydrogen-bond acceptors (Lipinski definition) is 1. The Balaban J connectivity index is 0.892. The minimum atomic E-state index is -0.545. The number of anilines is 3. The minimum absolute atomic E-state index is 0.120. The van der Waals surface area contributed by atoms with Crippen molar-refractivity contribution in [3.8, 4) is 55.6 Å². The highest BCUT2D eigenvalue weighted by Crippen LogP contribution is 2.67. The fourth-order valence-electron chi connectivity index (χ4n) is 13.9. The van der Waals surface area contributed by atoms with Gasteiger partial charge in [0, 0.05) is 22.5 Å². The van der Waals surface area contributed by atoms with E-state index in [2.05, 4.69) is 280 Å². The van der Waals surface area contributed by atoms with Gasteiger partial charge in [0.2, 0.25) is 0 Å². The SMILES string of the molecule is CC1(C)c2ccccc2-c2ccc(N(c3ccc(-c4ccccc4)cc3)c3ccc(-c4ccc5c(c4)C4(c6ccccc6-5)c5ccccc5C5(c6ccccc6-c6ccccc65)c5ccccc54)cc3)cc21. The summed E-state index contributed by atoms with van der Waals surface area (Å²) >= 11 is 0. The topological polar surface area (TPSA) is 3.24 Å². The highest BCUT2D eigenvalue weighted by molar-refractivity contribution is 5.95. The fourth-order valence-corrected chi connectivity index (χ4v) is 13.9. The molecule has 1 heteroatoms. The van der Waals surface area contributed by atoms with Crippen LogP contribution in [0.2, 0.25) is 0 Å². The molecule has 0 atom stereocenters. The lowest BCUT2D eigenvalue weighted by Gasteiger charge is -2.48. The average molecular weight is 916 g/mol. The molecule has 0 saturated carbocycles. The van der Waals surface area contributed by atoms with Gasteiger partial charge in [-0.15, -0.1) is 0 Å². The maximum Gasteiger partial charge on any atom is 0.0720 e.